The maximum atomic E-state index is 13.9. The monoisotopic (exact) mass is 322 g/mol. The predicted molar refractivity (Wildman–Crippen MR) is 85.7 cm³/mol. The molecule has 0 atom stereocenters. The summed E-state index contributed by atoms with van der Waals surface area (Å²) in [5, 5.41) is 1.62. The number of carbonyl (C=O) groups is 2. The van der Waals surface area contributed by atoms with Gasteiger partial charge in [0.25, 0.3) is 0 Å². The molecule has 5 nitrogen and oxygen atoms in total. The van der Waals surface area contributed by atoms with Crippen LogP contribution in [0.25, 0.3) is 0 Å². The van der Waals surface area contributed by atoms with E-state index in [4.69, 9.17) is 4.84 Å². The average molecular weight is 322 g/mol. The third-order valence-corrected chi connectivity index (χ3v) is 3.75. The van der Waals surface area contributed by atoms with Gasteiger partial charge in [-0.2, -0.15) is 0 Å². The van der Waals surface area contributed by atoms with Crippen LogP contribution in [0, 0.1) is 11.2 Å². The summed E-state index contributed by atoms with van der Waals surface area (Å²) in [6, 6.07) is 4.64. The zero-order valence-electron chi connectivity index (χ0n) is 14.1. The van der Waals surface area contributed by atoms with Crippen molar-refractivity contribution in [2.24, 2.45) is 5.41 Å². The minimum absolute atomic E-state index is 0.118. The van der Waals surface area contributed by atoms with E-state index in [2.05, 4.69) is 0 Å². The van der Waals surface area contributed by atoms with E-state index in [1.165, 1.54) is 13.0 Å². The molecule has 126 valence electrons. The molecule has 23 heavy (non-hydrogen) atoms. The number of hydrogen-bond donors (Lipinski definition) is 0. The highest BCUT2D eigenvalue weighted by molar-refractivity contribution is 6.00. The van der Waals surface area contributed by atoms with Crippen LogP contribution in [0.2, 0.25) is 0 Å². The second-order valence-electron chi connectivity index (χ2n) is 6.73. The van der Waals surface area contributed by atoms with Crippen LogP contribution < -0.4 is 4.90 Å². The summed E-state index contributed by atoms with van der Waals surface area (Å²) in [7, 11) is 0. The molecule has 0 bridgehead atoms. The Morgan fingerprint density at radius 1 is 1.13 bits per heavy atom. The van der Waals surface area contributed by atoms with Gasteiger partial charge in [-0.1, -0.05) is 6.07 Å². The molecule has 1 aliphatic rings. The SMILES string of the molecule is CC(=O)c1c(F)cccc1N1CCN(OC(=O)C(C)(C)C)CC1. The third kappa shape index (κ3) is 4.07. The molecule has 1 aliphatic heterocycles. The van der Waals surface area contributed by atoms with Crippen LogP contribution in [0.3, 0.4) is 0 Å². The highest BCUT2D eigenvalue weighted by Gasteiger charge is 2.28. The van der Waals surface area contributed by atoms with Gasteiger partial charge in [-0.25, -0.2) is 9.18 Å². The van der Waals surface area contributed by atoms with Crippen LogP contribution in [-0.4, -0.2) is 43.0 Å². The lowest BCUT2D eigenvalue weighted by atomic mass is 9.98. The maximum absolute atomic E-state index is 13.9. The molecule has 0 spiro atoms. The molecule has 1 aromatic carbocycles. The number of Topliss-reactive ketones (excluding diaryl/α,β-unsaturated/α-hetero) is 1. The van der Waals surface area contributed by atoms with Gasteiger partial charge in [-0.15, -0.1) is 5.06 Å². The largest absolute Gasteiger partial charge is 0.368 e. The zero-order chi connectivity index (χ0) is 17.2. The Balaban J connectivity index is 2.04. The lowest BCUT2D eigenvalue weighted by molar-refractivity contribution is -0.201. The van der Waals surface area contributed by atoms with Gasteiger partial charge in [0.2, 0.25) is 0 Å². The van der Waals surface area contributed by atoms with Crippen molar-refractivity contribution in [3.05, 3.63) is 29.6 Å². The highest BCUT2D eigenvalue weighted by Crippen LogP contribution is 2.25. The van der Waals surface area contributed by atoms with E-state index in [0.717, 1.165) is 0 Å². The average Bonchev–Trinajstić information content (AvgIpc) is 2.46. The van der Waals surface area contributed by atoms with Crippen molar-refractivity contribution < 1.29 is 18.8 Å². The Hall–Kier alpha value is -1.95. The first-order chi connectivity index (χ1) is 10.7. The lowest BCUT2D eigenvalue weighted by Crippen LogP contribution is -2.48. The summed E-state index contributed by atoms with van der Waals surface area (Å²) in [6.45, 7) is 8.91. The van der Waals surface area contributed by atoms with Crippen LogP contribution in [0.5, 0.6) is 0 Å². The summed E-state index contributed by atoms with van der Waals surface area (Å²) in [6.07, 6.45) is 0. The molecule has 1 fully saturated rings. The number of anilines is 1. The first kappa shape index (κ1) is 17.4. The van der Waals surface area contributed by atoms with Gasteiger partial charge in [-0.3, -0.25) is 4.79 Å². The van der Waals surface area contributed by atoms with Gasteiger partial charge in [0.1, 0.15) is 5.82 Å². The lowest BCUT2D eigenvalue weighted by Gasteiger charge is -2.36. The van der Waals surface area contributed by atoms with Crippen molar-refractivity contribution >= 4 is 17.4 Å². The van der Waals surface area contributed by atoms with Gasteiger partial charge in [0, 0.05) is 13.1 Å². The van der Waals surface area contributed by atoms with Crippen molar-refractivity contribution in [1.29, 1.82) is 0 Å². The van der Waals surface area contributed by atoms with Crippen LogP contribution >= 0.6 is 0 Å². The van der Waals surface area contributed by atoms with Gasteiger partial charge < -0.3 is 9.74 Å². The number of hydroxylamine groups is 2. The number of carbonyl (C=O) groups excluding carboxylic acids is 2. The fourth-order valence-electron chi connectivity index (χ4n) is 2.40. The normalized spacial score (nSPS) is 16.3. The maximum Gasteiger partial charge on any atom is 0.330 e. The molecule has 0 saturated carbocycles. The van der Waals surface area contributed by atoms with Gasteiger partial charge in [0.05, 0.1) is 29.8 Å². The highest BCUT2D eigenvalue weighted by atomic mass is 19.1. The fourth-order valence-corrected chi connectivity index (χ4v) is 2.40. The zero-order valence-corrected chi connectivity index (χ0v) is 14.1. The van der Waals surface area contributed by atoms with Gasteiger partial charge in [0.15, 0.2) is 5.78 Å². The number of benzene rings is 1. The summed E-state index contributed by atoms with van der Waals surface area (Å²) in [5.41, 5.74) is 0.161. The van der Waals surface area contributed by atoms with Crippen molar-refractivity contribution in [2.45, 2.75) is 27.7 Å². The summed E-state index contributed by atoms with van der Waals surface area (Å²) in [5.74, 6) is -1.07. The first-order valence-corrected chi connectivity index (χ1v) is 7.72. The number of rotatable bonds is 3. The molecule has 1 saturated heterocycles. The Labute approximate surface area is 136 Å². The Bertz CT molecular complexity index is 602. The molecule has 0 amide bonds. The summed E-state index contributed by atoms with van der Waals surface area (Å²) < 4.78 is 13.9. The number of nitrogens with zero attached hydrogens (tertiary/aromatic N) is 2. The molecular weight excluding hydrogens is 299 g/mol. The van der Waals surface area contributed by atoms with E-state index in [1.807, 2.05) is 4.90 Å². The van der Waals surface area contributed by atoms with E-state index < -0.39 is 11.2 Å². The fraction of sp³-hybridized carbons (Fsp3) is 0.529. The minimum Gasteiger partial charge on any atom is -0.368 e. The predicted octanol–water partition coefficient (Wildman–Crippen LogP) is 2.65. The number of ketones is 1. The van der Waals surface area contributed by atoms with Crippen LogP contribution in [0.1, 0.15) is 38.1 Å². The quantitative estimate of drug-likeness (QED) is 0.801. The van der Waals surface area contributed by atoms with E-state index >= 15 is 0 Å². The van der Waals surface area contributed by atoms with Crippen molar-refractivity contribution in [3.63, 3.8) is 0 Å². The Morgan fingerprint density at radius 3 is 2.26 bits per heavy atom. The van der Waals surface area contributed by atoms with E-state index in [9.17, 15) is 14.0 Å². The van der Waals surface area contributed by atoms with Crippen molar-refractivity contribution in [1.82, 2.24) is 5.06 Å². The van der Waals surface area contributed by atoms with E-state index in [-0.39, 0.29) is 17.3 Å². The van der Waals surface area contributed by atoms with Crippen molar-refractivity contribution in [3.8, 4) is 0 Å². The van der Waals surface area contributed by atoms with Crippen LogP contribution in [-0.2, 0) is 9.63 Å². The molecule has 1 aromatic rings. The standard InChI is InChI=1S/C17H23FN2O3/c1-12(21)15-13(18)6-5-7-14(15)19-8-10-20(11-9-19)23-16(22)17(2,3)4/h5-7H,8-11H2,1-4H3. The second-order valence-corrected chi connectivity index (χ2v) is 6.73. The molecule has 0 aromatic heterocycles. The number of hydrogen-bond acceptors (Lipinski definition) is 5. The number of piperazine rings is 1. The Morgan fingerprint density at radius 2 is 1.74 bits per heavy atom. The molecule has 1 heterocycles. The first-order valence-electron chi connectivity index (χ1n) is 7.72. The second kappa shape index (κ2) is 6.66. The van der Waals surface area contributed by atoms with Crippen LogP contribution in [0.15, 0.2) is 18.2 Å². The molecule has 6 heteroatoms. The summed E-state index contributed by atoms with van der Waals surface area (Å²) in [4.78, 5) is 30.9. The third-order valence-electron chi connectivity index (χ3n) is 3.75. The molecule has 0 unspecified atom stereocenters. The molecule has 2 rings (SSSR count). The van der Waals surface area contributed by atoms with Gasteiger partial charge >= 0.3 is 5.97 Å². The smallest absolute Gasteiger partial charge is 0.330 e. The molecule has 0 N–H and O–H groups in total. The number of halogens is 1. The van der Waals surface area contributed by atoms with Crippen LogP contribution in [0.4, 0.5) is 10.1 Å². The molecule has 0 radical (unpaired) electrons. The van der Waals surface area contributed by atoms with E-state index in [0.29, 0.717) is 31.9 Å². The summed E-state index contributed by atoms with van der Waals surface area (Å²) >= 11 is 0. The topological polar surface area (TPSA) is 49.9 Å². The molecular formula is C17H23FN2O3. The minimum atomic E-state index is -0.554. The van der Waals surface area contributed by atoms with Gasteiger partial charge in [-0.05, 0) is 39.8 Å². The van der Waals surface area contributed by atoms with E-state index in [1.54, 1.807) is 38.0 Å². The Kier molecular flexibility index (Phi) is 5.04. The molecule has 0 aliphatic carbocycles. The van der Waals surface area contributed by atoms with Crippen molar-refractivity contribution in [2.75, 3.05) is 31.1 Å².